The Morgan fingerprint density at radius 3 is 2.89 bits per heavy atom. The summed E-state index contributed by atoms with van der Waals surface area (Å²) in [4.78, 5) is 18.0. The SMILES string of the molecule is O=C(Nc1nc2c(s1)CN(S(=O)(=O)Cc1cccc(F)c1)CC2)c1cccs1. The van der Waals surface area contributed by atoms with E-state index in [-0.39, 0.29) is 18.2 Å². The van der Waals surface area contributed by atoms with Crippen LogP contribution in [0.4, 0.5) is 9.52 Å². The number of nitrogens with zero attached hydrogens (tertiary/aromatic N) is 2. The molecular formula is C18H16FN3O3S3. The van der Waals surface area contributed by atoms with Crippen LogP contribution in [-0.2, 0) is 28.7 Å². The Labute approximate surface area is 169 Å². The molecule has 1 aromatic carbocycles. The number of carbonyl (C=O) groups is 1. The zero-order chi connectivity index (χ0) is 19.7. The minimum atomic E-state index is -3.59. The summed E-state index contributed by atoms with van der Waals surface area (Å²) >= 11 is 2.63. The first-order chi connectivity index (χ1) is 13.4. The van der Waals surface area contributed by atoms with Crippen LogP contribution in [0.25, 0.3) is 0 Å². The van der Waals surface area contributed by atoms with E-state index in [2.05, 4.69) is 10.3 Å². The van der Waals surface area contributed by atoms with E-state index < -0.39 is 15.8 Å². The fourth-order valence-electron chi connectivity index (χ4n) is 2.96. The summed E-state index contributed by atoms with van der Waals surface area (Å²) in [6, 6.07) is 9.15. The van der Waals surface area contributed by atoms with Gasteiger partial charge in [0.25, 0.3) is 5.91 Å². The van der Waals surface area contributed by atoms with Crippen LogP contribution in [0.5, 0.6) is 0 Å². The highest BCUT2D eigenvalue weighted by molar-refractivity contribution is 7.88. The highest BCUT2D eigenvalue weighted by Crippen LogP contribution is 2.30. The summed E-state index contributed by atoms with van der Waals surface area (Å²) in [6.07, 6.45) is 0.475. The Morgan fingerprint density at radius 1 is 1.29 bits per heavy atom. The molecule has 146 valence electrons. The van der Waals surface area contributed by atoms with Crippen molar-refractivity contribution < 1.29 is 17.6 Å². The highest BCUT2D eigenvalue weighted by Gasteiger charge is 2.29. The second-order valence-corrected chi connectivity index (χ2v) is 10.3. The van der Waals surface area contributed by atoms with Gasteiger partial charge in [0.2, 0.25) is 10.0 Å². The lowest BCUT2D eigenvalue weighted by Gasteiger charge is -2.25. The van der Waals surface area contributed by atoms with Crippen LogP contribution in [0.1, 0.15) is 25.8 Å². The Kier molecular flexibility index (Phi) is 5.28. The molecule has 0 saturated heterocycles. The van der Waals surface area contributed by atoms with Gasteiger partial charge in [0.1, 0.15) is 5.82 Å². The first-order valence-electron chi connectivity index (χ1n) is 8.46. The average molecular weight is 438 g/mol. The number of nitrogens with one attached hydrogen (secondary N) is 1. The Hall–Kier alpha value is -2.14. The van der Waals surface area contributed by atoms with E-state index in [4.69, 9.17) is 0 Å². The van der Waals surface area contributed by atoms with Gasteiger partial charge in [-0.1, -0.05) is 18.2 Å². The molecule has 0 aliphatic carbocycles. The largest absolute Gasteiger partial charge is 0.297 e. The van der Waals surface area contributed by atoms with Gasteiger partial charge in [-0.05, 0) is 29.1 Å². The van der Waals surface area contributed by atoms with Gasteiger partial charge in [-0.25, -0.2) is 17.8 Å². The summed E-state index contributed by atoms with van der Waals surface area (Å²) in [5, 5.41) is 5.06. The molecule has 0 unspecified atom stereocenters. The highest BCUT2D eigenvalue weighted by atomic mass is 32.2. The fraction of sp³-hybridized carbons (Fsp3) is 0.222. The van der Waals surface area contributed by atoms with E-state index in [0.29, 0.717) is 28.5 Å². The minimum absolute atomic E-state index is 0.208. The number of hydrogen-bond donors (Lipinski definition) is 1. The molecule has 28 heavy (non-hydrogen) atoms. The van der Waals surface area contributed by atoms with Crippen LogP contribution >= 0.6 is 22.7 Å². The number of carbonyl (C=O) groups excluding carboxylic acids is 1. The van der Waals surface area contributed by atoms with E-state index in [0.717, 1.165) is 10.6 Å². The van der Waals surface area contributed by atoms with Crippen molar-refractivity contribution in [3.63, 3.8) is 0 Å². The molecule has 0 bridgehead atoms. The lowest BCUT2D eigenvalue weighted by atomic mass is 10.2. The third-order valence-corrected chi connectivity index (χ3v) is 7.96. The van der Waals surface area contributed by atoms with Crippen molar-refractivity contribution in [1.82, 2.24) is 9.29 Å². The molecule has 0 fully saturated rings. The number of anilines is 1. The van der Waals surface area contributed by atoms with Crippen molar-refractivity contribution in [2.45, 2.75) is 18.7 Å². The fourth-order valence-corrected chi connectivity index (χ4v) is 6.16. The molecule has 2 aromatic heterocycles. The van der Waals surface area contributed by atoms with Crippen molar-refractivity contribution >= 4 is 43.7 Å². The molecule has 3 heterocycles. The van der Waals surface area contributed by atoms with Crippen molar-refractivity contribution in [3.05, 3.63) is 68.6 Å². The number of aromatic nitrogens is 1. The zero-order valence-corrected chi connectivity index (χ0v) is 17.0. The number of thiophene rings is 1. The molecule has 3 aromatic rings. The van der Waals surface area contributed by atoms with Gasteiger partial charge in [0, 0.05) is 24.4 Å². The normalized spacial score (nSPS) is 14.6. The number of benzene rings is 1. The Morgan fingerprint density at radius 2 is 2.14 bits per heavy atom. The van der Waals surface area contributed by atoms with Crippen LogP contribution < -0.4 is 5.32 Å². The zero-order valence-electron chi connectivity index (χ0n) is 14.6. The van der Waals surface area contributed by atoms with E-state index in [1.54, 1.807) is 18.2 Å². The monoisotopic (exact) mass is 437 g/mol. The van der Waals surface area contributed by atoms with Gasteiger partial charge in [-0.3, -0.25) is 10.1 Å². The van der Waals surface area contributed by atoms with Gasteiger partial charge in [-0.2, -0.15) is 4.31 Å². The second kappa shape index (κ2) is 7.70. The predicted octanol–water partition coefficient (Wildman–Crippen LogP) is 3.48. The number of sulfonamides is 1. The van der Waals surface area contributed by atoms with Crippen LogP contribution in [-0.4, -0.2) is 30.2 Å². The Bertz CT molecular complexity index is 1110. The predicted molar refractivity (Wildman–Crippen MR) is 108 cm³/mol. The van der Waals surface area contributed by atoms with Crippen molar-refractivity contribution in [1.29, 1.82) is 0 Å². The summed E-state index contributed by atoms with van der Waals surface area (Å²) in [5.74, 6) is -0.931. The molecule has 1 N–H and O–H groups in total. The van der Waals surface area contributed by atoms with Gasteiger partial charge >= 0.3 is 0 Å². The molecule has 10 heteroatoms. The van der Waals surface area contributed by atoms with Gasteiger partial charge in [0.15, 0.2) is 5.13 Å². The first-order valence-corrected chi connectivity index (χ1v) is 11.8. The lowest BCUT2D eigenvalue weighted by Crippen LogP contribution is -2.36. The van der Waals surface area contributed by atoms with Crippen LogP contribution in [0.3, 0.4) is 0 Å². The van der Waals surface area contributed by atoms with Gasteiger partial charge in [0.05, 0.1) is 16.3 Å². The smallest absolute Gasteiger partial charge is 0.267 e. The topological polar surface area (TPSA) is 79.4 Å². The van der Waals surface area contributed by atoms with Crippen molar-refractivity contribution in [3.8, 4) is 0 Å². The Balaban J connectivity index is 1.47. The number of fused-ring (bicyclic) bond motifs is 1. The van der Waals surface area contributed by atoms with E-state index >= 15 is 0 Å². The maximum absolute atomic E-state index is 13.3. The minimum Gasteiger partial charge on any atom is -0.297 e. The molecule has 0 atom stereocenters. The van der Waals surface area contributed by atoms with E-state index in [1.807, 2.05) is 5.38 Å². The number of thiazole rings is 1. The molecule has 0 spiro atoms. The number of amides is 1. The summed E-state index contributed by atoms with van der Waals surface area (Å²) in [5.41, 5.74) is 1.22. The third kappa shape index (κ3) is 4.14. The van der Waals surface area contributed by atoms with Crippen LogP contribution in [0.15, 0.2) is 41.8 Å². The van der Waals surface area contributed by atoms with Gasteiger partial charge in [-0.15, -0.1) is 22.7 Å². The average Bonchev–Trinajstić information content (AvgIpc) is 3.30. The molecule has 1 aliphatic heterocycles. The molecule has 1 aliphatic rings. The molecule has 4 rings (SSSR count). The van der Waals surface area contributed by atoms with Crippen LogP contribution in [0, 0.1) is 5.82 Å². The lowest BCUT2D eigenvalue weighted by molar-refractivity contribution is 0.103. The summed E-state index contributed by atoms with van der Waals surface area (Å²) < 4.78 is 40.2. The number of halogens is 1. The third-order valence-electron chi connectivity index (χ3n) is 4.29. The maximum atomic E-state index is 13.3. The van der Waals surface area contributed by atoms with E-state index in [1.165, 1.54) is 45.2 Å². The van der Waals surface area contributed by atoms with Crippen molar-refractivity contribution in [2.24, 2.45) is 0 Å². The number of rotatable bonds is 5. The van der Waals surface area contributed by atoms with Crippen molar-refractivity contribution in [2.75, 3.05) is 11.9 Å². The van der Waals surface area contributed by atoms with Crippen LogP contribution in [0.2, 0.25) is 0 Å². The molecular weight excluding hydrogens is 421 g/mol. The molecule has 0 radical (unpaired) electrons. The summed E-state index contributed by atoms with van der Waals surface area (Å²) in [6.45, 7) is 0.520. The standard InChI is InChI=1S/C18H16FN3O3S3/c19-13-4-1-3-12(9-13)11-28(24,25)22-7-6-14-16(10-22)27-18(20-14)21-17(23)15-5-2-8-26-15/h1-5,8-9H,6-7,10-11H2,(H,20,21,23). The second-order valence-electron chi connectivity index (χ2n) is 6.29. The summed E-state index contributed by atoms with van der Waals surface area (Å²) in [7, 11) is -3.59. The maximum Gasteiger partial charge on any atom is 0.267 e. The quantitative estimate of drug-likeness (QED) is 0.663. The molecule has 0 saturated carbocycles. The first kappa shape index (κ1) is 19.2. The molecule has 6 nitrogen and oxygen atoms in total. The van der Waals surface area contributed by atoms with E-state index in [9.17, 15) is 17.6 Å². The van der Waals surface area contributed by atoms with Gasteiger partial charge < -0.3 is 0 Å². The number of hydrogen-bond acceptors (Lipinski definition) is 6. The molecule has 1 amide bonds.